The Morgan fingerprint density at radius 2 is 1.82 bits per heavy atom. The molecule has 1 aromatic heterocycles. The van der Waals surface area contributed by atoms with Crippen LogP contribution in [-0.2, 0) is 13.1 Å². The number of hydrogen-bond acceptors (Lipinski definition) is 5. The second kappa shape index (κ2) is 8.47. The molecule has 5 rings (SSSR count). The molecule has 0 saturated heterocycles. The van der Waals surface area contributed by atoms with Gasteiger partial charge in [0.1, 0.15) is 11.3 Å². The number of carbonyl (C=O) groups is 1. The zero-order valence-corrected chi connectivity index (χ0v) is 19.4. The van der Waals surface area contributed by atoms with Crippen LogP contribution in [0.1, 0.15) is 45.6 Å². The van der Waals surface area contributed by atoms with Gasteiger partial charge >= 0.3 is 5.97 Å². The fourth-order valence-electron chi connectivity index (χ4n) is 4.72. The lowest BCUT2D eigenvalue weighted by atomic mass is 9.99. The van der Waals surface area contributed by atoms with Gasteiger partial charge in [-0.1, -0.05) is 30.3 Å². The van der Waals surface area contributed by atoms with Gasteiger partial charge in [0.25, 0.3) is 0 Å². The Morgan fingerprint density at radius 3 is 2.62 bits per heavy atom. The Labute approximate surface area is 197 Å². The molecule has 2 heterocycles. The molecular weight excluding hydrogens is 428 g/mol. The lowest BCUT2D eigenvalue weighted by Crippen LogP contribution is -2.12. The van der Waals surface area contributed by atoms with E-state index in [1.165, 1.54) is 11.1 Å². The second-order valence-corrected chi connectivity index (χ2v) is 9.08. The van der Waals surface area contributed by atoms with Crippen LogP contribution in [0.15, 0.2) is 69.9 Å². The van der Waals surface area contributed by atoms with Crippen molar-refractivity contribution in [2.45, 2.75) is 33.0 Å². The van der Waals surface area contributed by atoms with Crippen LogP contribution in [0.2, 0.25) is 0 Å². The van der Waals surface area contributed by atoms with E-state index in [4.69, 9.17) is 4.42 Å². The molecule has 3 aromatic carbocycles. The van der Waals surface area contributed by atoms with Gasteiger partial charge < -0.3 is 14.8 Å². The Hall–Kier alpha value is -3.90. The van der Waals surface area contributed by atoms with Crippen molar-refractivity contribution < 1.29 is 14.3 Å². The van der Waals surface area contributed by atoms with Crippen molar-refractivity contribution >= 4 is 22.6 Å². The Morgan fingerprint density at radius 1 is 1.06 bits per heavy atom. The van der Waals surface area contributed by atoms with Crippen molar-refractivity contribution in [3.8, 4) is 11.3 Å². The summed E-state index contributed by atoms with van der Waals surface area (Å²) in [6.07, 6.45) is 0. The Balaban J connectivity index is 1.60. The van der Waals surface area contributed by atoms with Crippen molar-refractivity contribution in [1.82, 2.24) is 4.90 Å². The highest BCUT2D eigenvalue weighted by Gasteiger charge is 2.20. The van der Waals surface area contributed by atoms with E-state index < -0.39 is 5.97 Å². The number of para-hydroxylation sites is 1. The number of benzene rings is 3. The number of rotatable bonds is 5. The molecule has 0 fully saturated rings. The van der Waals surface area contributed by atoms with E-state index >= 15 is 0 Å². The van der Waals surface area contributed by atoms with Gasteiger partial charge in [0, 0.05) is 36.0 Å². The average molecular weight is 455 g/mol. The van der Waals surface area contributed by atoms with Crippen LogP contribution in [0.5, 0.6) is 0 Å². The molecule has 4 aromatic rings. The molecular formula is C28H26N2O4. The predicted molar refractivity (Wildman–Crippen MR) is 133 cm³/mol. The first-order valence-corrected chi connectivity index (χ1v) is 11.3. The number of nitrogens with one attached hydrogen (secondary N) is 1. The van der Waals surface area contributed by atoms with Crippen LogP contribution in [0.3, 0.4) is 0 Å². The molecule has 1 aliphatic heterocycles. The largest absolute Gasteiger partial charge is 0.478 e. The minimum Gasteiger partial charge on any atom is -0.478 e. The maximum absolute atomic E-state index is 13.1. The number of carboxylic acid groups (broad SMARTS) is 1. The molecule has 0 amide bonds. The van der Waals surface area contributed by atoms with E-state index in [0.29, 0.717) is 22.4 Å². The molecule has 6 nitrogen and oxygen atoms in total. The van der Waals surface area contributed by atoms with Crippen molar-refractivity contribution in [3.05, 3.63) is 98.7 Å². The van der Waals surface area contributed by atoms with E-state index in [-0.39, 0.29) is 17.0 Å². The minimum absolute atomic E-state index is 0.100. The highest BCUT2D eigenvalue weighted by molar-refractivity contribution is 5.94. The van der Waals surface area contributed by atoms with E-state index in [2.05, 4.69) is 29.4 Å². The van der Waals surface area contributed by atoms with Crippen molar-refractivity contribution in [2.75, 3.05) is 12.4 Å². The monoisotopic (exact) mass is 454 g/mol. The van der Waals surface area contributed by atoms with E-state index in [1.54, 1.807) is 30.3 Å². The third-order valence-corrected chi connectivity index (χ3v) is 6.37. The highest BCUT2D eigenvalue weighted by Crippen LogP contribution is 2.33. The van der Waals surface area contributed by atoms with E-state index in [9.17, 15) is 14.7 Å². The summed E-state index contributed by atoms with van der Waals surface area (Å²) in [5.74, 6) is -0.474. The number of aromatic carboxylic acids is 1. The third kappa shape index (κ3) is 3.97. The van der Waals surface area contributed by atoms with Crippen molar-refractivity contribution in [3.63, 3.8) is 0 Å². The molecule has 0 radical (unpaired) electrons. The first kappa shape index (κ1) is 21.9. The van der Waals surface area contributed by atoms with Crippen molar-refractivity contribution in [1.29, 1.82) is 0 Å². The molecule has 172 valence electrons. The zero-order valence-electron chi connectivity index (χ0n) is 19.4. The summed E-state index contributed by atoms with van der Waals surface area (Å²) in [7, 11) is 2.08. The predicted octanol–water partition coefficient (Wildman–Crippen LogP) is 5.59. The number of carboxylic acids is 1. The maximum Gasteiger partial charge on any atom is 0.337 e. The molecule has 0 spiro atoms. The summed E-state index contributed by atoms with van der Waals surface area (Å²) in [4.78, 5) is 27.0. The number of nitrogens with zero attached hydrogens (tertiary/aromatic N) is 1. The van der Waals surface area contributed by atoms with Gasteiger partial charge in [0.05, 0.1) is 17.0 Å². The van der Waals surface area contributed by atoms with Gasteiger partial charge in [0.15, 0.2) is 5.43 Å². The summed E-state index contributed by atoms with van der Waals surface area (Å²) in [6.45, 7) is 5.66. The average Bonchev–Trinajstić information content (AvgIpc) is 3.18. The van der Waals surface area contributed by atoms with Crippen LogP contribution in [0.25, 0.3) is 22.3 Å². The minimum atomic E-state index is -1.000. The lowest BCUT2D eigenvalue weighted by Gasteiger charge is -2.19. The molecule has 2 N–H and O–H groups in total. The number of anilines is 1. The van der Waals surface area contributed by atoms with Crippen molar-refractivity contribution in [2.24, 2.45) is 0 Å². The zero-order chi connectivity index (χ0) is 24.0. The third-order valence-electron chi connectivity index (χ3n) is 6.37. The first-order valence-electron chi connectivity index (χ1n) is 11.3. The highest BCUT2D eigenvalue weighted by atomic mass is 16.4. The fourth-order valence-corrected chi connectivity index (χ4v) is 4.72. The molecule has 6 heteroatoms. The van der Waals surface area contributed by atoms with Crippen LogP contribution in [-0.4, -0.2) is 23.0 Å². The van der Waals surface area contributed by atoms with Crippen LogP contribution in [0, 0.1) is 6.92 Å². The van der Waals surface area contributed by atoms with Gasteiger partial charge in [-0.2, -0.15) is 0 Å². The number of aryl methyl sites for hydroxylation is 1. The standard InChI is InChI=1S/C28H26N2O4/c1-16-10-22(17(2)29-24-7-5-4-6-21(24)28(32)33)27-23(11-16)25(31)13-26(34-27)18-8-9-19-14-30(3)15-20(19)12-18/h4-13,17,29H,14-15H2,1-3H3,(H,32,33). The summed E-state index contributed by atoms with van der Waals surface area (Å²) in [5.41, 5.74) is 6.26. The summed E-state index contributed by atoms with van der Waals surface area (Å²) in [6, 6.07) is 18.1. The smallest absolute Gasteiger partial charge is 0.337 e. The first-order chi connectivity index (χ1) is 16.3. The van der Waals surface area contributed by atoms with Crippen LogP contribution < -0.4 is 10.7 Å². The van der Waals surface area contributed by atoms with Crippen LogP contribution >= 0.6 is 0 Å². The molecule has 1 unspecified atom stereocenters. The van der Waals surface area contributed by atoms with E-state index in [1.807, 2.05) is 32.0 Å². The van der Waals surface area contributed by atoms with Gasteiger partial charge in [-0.25, -0.2) is 4.79 Å². The van der Waals surface area contributed by atoms with Gasteiger partial charge in [0.2, 0.25) is 0 Å². The Kier molecular flexibility index (Phi) is 5.46. The SMILES string of the molecule is Cc1cc(C(C)Nc2ccccc2C(=O)O)c2oc(-c3ccc4c(c3)CN(C)C4)cc(=O)c2c1. The van der Waals surface area contributed by atoms with Gasteiger partial charge in [-0.3, -0.25) is 9.69 Å². The molecule has 1 aliphatic rings. The molecule has 1 atom stereocenters. The van der Waals surface area contributed by atoms with Gasteiger partial charge in [-0.15, -0.1) is 0 Å². The topological polar surface area (TPSA) is 82.8 Å². The fraction of sp³-hybridized carbons (Fsp3) is 0.214. The lowest BCUT2D eigenvalue weighted by molar-refractivity contribution is 0.0698. The molecule has 0 aliphatic carbocycles. The second-order valence-electron chi connectivity index (χ2n) is 9.08. The Bertz CT molecular complexity index is 1490. The van der Waals surface area contributed by atoms with Crippen LogP contribution in [0.4, 0.5) is 5.69 Å². The summed E-state index contributed by atoms with van der Waals surface area (Å²) < 4.78 is 6.37. The normalized spacial score (nSPS) is 14.2. The summed E-state index contributed by atoms with van der Waals surface area (Å²) >= 11 is 0. The molecule has 0 saturated carbocycles. The quantitative estimate of drug-likeness (QED) is 0.409. The van der Waals surface area contributed by atoms with E-state index in [0.717, 1.165) is 29.8 Å². The molecule has 34 heavy (non-hydrogen) atoms. The van der Waals surface area contributed by atoms with Gasteiger partial charge in [-0.05, 0) is 61.9 Å². The number of hydrogen-bond donors (Lipinski definition) is 2. The summed E-state index contributed by atoms with van der Waals surface area (Å²) in [5, 5.41) is 13.4. The molecule has 0 bridgehead atoms. The maximum atomic E-state index is 13.1. The number of fused-ring (bicyclic) bond motifs is 2.